The Bertz CT molecular complexity index is 731. The maximum atomic E-state index is 5.72. The molecule has 1 unspecified atom stereocenters. The number of guanidine groups is 1. The Balaban J connectivity index is 0.00000320. The highest BCUT2D eigenvalue weighted by Gasteiger charge is 2.25. The summed E-state index contributed by atoms with van der Waals surface area (Å²) in [4.78, 5) is 7.38. The van der Waals surface area contributed by atoms with Gasteiger partial charge in [0.2, 0.25) is 0 Å². The minimum Gasteiger partial charge on any atom is -0.468 e. The summed E-state index contributed by atoms with van der Waals surface area (Å²) < 4.78 is 7.81. The topological polar surface area (TPSA) is 83.5 Å². The fraction of sp³-hybridized carbons (Fsp3) is 0.650. The highest BCUT2D eigenvalue weighted by molar-refractivity contribution is 14.0. The summed E-state index contributed by atoms with van der Waals surface area (Å²) in [6.45, 7) is 7.45. The fourth-order valence-electron chi connectivity index (χ4n) is 3.58. The van der Waals surface area contributed by atoms with Gasteiger partial charge in [0, 0.05) is 31.8 Å². The number of thioether (sulfide) groups is 1. The third kappa shape index (κ3) is 7.45. The summed E-state index contributed by atoms with van der Waals surface area (Å²) in [5.41, 5.74) is 0. The summed E-state index contributed by atoms with van der Waals surface area (Å²) in [7, 11) is 0. The molecule has 2 N–H and O–H groups in total. The first-order chi connectivity index (χ1) is 14.3. The van der Waals surface area contributed by atoms with Crippen molar-refractivity contribution in [2.24, 2.45) is 4.99 Å². The van der Waals surface area contributed by atoms with E-state index >= 15 is 0 Å². The van der Waals surface area contributed by atoms with Gasteiger partial charge in [-0.2, -0.15) is 11.8 Å². The molecule has 1 aliphatic heterocycles. The molecule has 2 aromatic heterocycles. The van der Waals surface area contributed by atoms with Crippen LogP contribution in [0.1, 0.15) is 37.4 Å². The van der Waals surface area contributed by atoms with E-state index < -0.39 is 0 Å². The fourth-order valence-corrected chi connectivity index (χ4v) is 3.88. The first kappa shape index (κ1) is 25.0. The van der Waals surface area contributed by atoms with Crippen molar-refractivity contribution in [3.05, 3.63) is 36.3 Å². The van der Waals surface area contributed by atoms with Gasteiger partial charge in [0.15, 0.2) is 5.96 Å². The van der Waals surface area contributed by atoms with Gasteiger partial charge >= 0.3 is 0 Å². The lowest BCUT2D eigenvalue weighted by molar-refractivity contribution is 0.221. The number of aryl methyl sites for hydroxylation is 1. The number of likely N-dealkylation sites (tertiary alicyclic amines) is 1. The zero-order chi connectivity index (χ0) is 20.3. The Labute approximate surface area is 200 Å². The molecule has 0 aliphatic carbocycles. The van der Waals surface area contributed by atoms with Crippen molar-refractivity contribution in [2.75, 3.05) is 44.7 Å². The summed E-state index contributed by atoms with van der Waals surface area (Å²) in [6, 6.07) is 4.21. The van der Waals surface area contributed by atoms with Gasteiger partial charge in [-0.3, -0.25) is 9.89 Å². The molecule has 0 aromatic carbocycles. The lowest BCUT2D eigenvalue weighted by Gasteiger charge is -2.24. The number of hydrogen-bond donors (Lipinski definition) is 2. The van der Waals surface area contributed by atoms with E-state index in [1.54, 1.807) is 12.6 Å². The first-order valence-electron chi connectivity index (χ1n) is 10.5. The predicted molar refractivity (Wildman–Crippen MR) is 134 cm³/mol. The van der Waals surface area contributed by atoms with Crippen molar-refractivity contribution in [1.82, 2.24) is 30.3 Å². The minimum atomic E-state index is 0. The molecule has 10 heteroatoms. The van der Waals surface area contributed by atoms with Crippen molar-refractivity contribution >= 4 is 41.7 Å². The molecule has 1 fully saturated rings. The molecule has 30 heavy (non-hydrogen) atoms. The first-order valence-corrected chi connectivity index (χ1v) is 11.9. The minimum absolute atomic E-state index is 0. The lowest BCUT2D eigenvalue weighted by Crippen LogP contribution is -2.41. The summed E-state index contributed by atoms with van der Waals surface area (Å²) in [5, 5.41) is 15.1. The van der Waals surface area contributed by atoms with Crippen LogP contribution >= 0.6 is 35.7 Å². The molecule has 0 spiro atoms. The van der Waals surface area contributed by atoms with E-state index in [1.807, 2.05) is 17.8 Å². The normalized spacial score (nSPS) is 15.7. The Hall–Kier alpha value is -1.27. The number of aromatic nitrogens is 3. The van der Waals surface area contributed by atoms with Crippen molar-refractivity contribution in [2.45, 2.75) is 38.8 Å². The zero-order valence-corrected chi connectivity index (χ0v) is 21.1. The van der Waals surface area contributed by atoms with Crippen LogP contribution in [0.3, 0.4) is 0 Å². The number of furan rings is 1. The summed E-state index contributed by atoms with van der Waals surface area (Å²) in [5.74, 6) is 3.89. The van der Waals surface area contributed by atoms with Crippen LogP contribution in [0.25, 0.3) is 0 Å². The number of nitrogens with one attached hydrogen (secondary N) is 2. The second kappa shape index (κ2) is 13.9. The Morgan fingerprint density at radius 2 is 2.10 bits per heavy atom. The van der Waals surface area contributed by atoms with E-state index in [4.69, 9.17) is 9.41 Å². The van der Waals surface area contributed by atoms with E-state index in [0.29, 0.717) is 6.54 Å². The average Bonchev–Trinajstić information content (AvgIpc) is 3.50. The van der Waals surface area contributed by atoms with Crippen LogP contribution in [-0.2, 0) is 13.0 Å². The highest BCUT2D eigenvalue weighted by atomic mass is 127. The molecule has 1 aliphatic rings. The van der Waals surface area contributed by atoms with Gasteiger partial charge in [0.1, 0.15) is 17.9 Å². The summed E-state index contributed by atoms with van der Waals surface area (Å²) >= 11 is 1.82. The van der Waals surface area contributed by atoms with Crippen LogP contribution in [0.2, 0.25) is 0 Å². The van der Waals surface area contributed by atoms with Crippen LogP contribution in [0.15, 0.2) is 34.1 Å². The smallest absolute Gasteiger partial charge is 0.191 e. The van der Waals surface area contributed by atoms with Gasteiger partial charge < -0.3 is 19.6 Å². The quantitative estimate of drug-likeness (QED) is 0.194. The van der Waals surface area contributed by atoms with Gasteiger partial charge in [-0.1, -0.05) is 6.92 Å². The maximum Gasteiger partial charge on any atom is 0.191 e. The van der Waals surface area contributed by atoms with Crippen LogP contribution in [0, 0.1) is 0 Å². The molecular formula is C20H34IN7OS. The highest BCUT2D eigenvalue weighted by Crippen LogP contribution is 2.25. The van der Waals surface area contributed by atoms with Crippen molar-refractivity contribution in [1.29, 1.82) is 0 Å². The van der Waals surface area contributed by atoms with Gasteiger partial charge in [-0.15, -0.1) is 34.2 Å². The summed E-state index contributed by atoms with van der Waals surface area (Å²) in [6.07, 6.45) is 9.03. The van der Waals surface area contributed by atoms with Gasteiger partial charge in [0.05, 0.1) is 18.8 Å². The number of hydrogen-bond acceptors (Lipinski definition) is 6. The molecule has 0 saturated carbocycles. The van der Waals surface area contributed by atoms with E-state index in [0.717, 1.165) is 62.4 Å². The van der Waals surface area contributed by atoms with Crippen LogP contribution in [0.4, 0.5) is 0 Å². The molecular weight excluding hydrogens is 513 g/mol. The molecule has 3 heterocycles. The van der Waals surface area contributed by atoms with Crippen LogP contribution in [-0.4, -0.2) is 70.4 Å². The number of nitrogens with zero attached hydrogens (tertiary/aromatic N) is 5. The van der Waals surface area contributed by atoms with E-state index in [2.05, 4.69) is 49.5 Å². The van der Waals surface area contributed by atoms with Crippen molar-refractivity contribution in [3.8, 4) is 0 Å². The Morgan fingerprint density at radius 1 is 1.30 bits per heavy atom. The predicted octanol–water partition coefficient (Wildman–Crippen LogP) is 2.79. The molecule has 168 valence electrons. The third-order valence-corrected chi connectivity index (χ3v) is 5.74. The van der Waals surface area contributed by atoms with E-state index in [9.17, 15) is 0 Å². The van der Waals surface area contributed by atoms with Crippen molar-refractivity contribution < 1.29 is 4.42 Å². The second-order valence-corrected chi connectivity index (χ2v) is 8.09. The number of rotatable bonds is 11. The van der Waals surface area contributed by atoms with Crippen LogP contribution < -0.4 is 10.6 Å². The third-order valence-electron chi connectivity index (χ3n) is 5.13. The van der Waals surface area contributed by atoms with Gasteiger partial charge in [-0.25, -0.2) is 0 Å². The maximum absolute atomic E-state index is 5.72. The SMILES string of the molecule is CCc1nncn1CCNC(=NCC(c1ccco1)N1CCCC1)NCCSC.I. The van der Waals surface area contributed by atoms with E-state index in [-0.39, 0.29) is 30.0 Å². The lowest BCUT2D eigenvalue weighted by atomic mass is 10.2. The molecule has 1 atom stereocenters. The number of halogens is 1. The van der Waals surface area contributed by atoms with Gasteiger partial charge in [-0.05, 0) is 44.3 Å². The Morgan fingerprint density at radius 3 is 2.80 bits per heavy atom. The molecule has 1 saturated heterocycles. The van der Waals surface area contributed by atoms with Crippen molar-refractivity contribution in [3.63, 3.8) is 0 Å². The molecule has 0 bridgehead atoms. The second-order valence-electron chi connectivity index (χ2n) is 7.10. The van der Waals surface area contributed by atoms with E-state index in [1.165, 1.54) is 12.8 Å². The Kier molecular flexibility index (Phi) is 11.6. The molecule has 2 aromatic rings. The average molecular weight is 548 g/mol. The standard InChI is InChI=1S/C20H33N7OS.HI/c1-3-19-25-24-16-27(19)12-8-21-20(22-9-14-29-2)23-15-17(18-7-6-13-28-18)26-10-4-5-11-26;/h6-7,13,16-17H,3-5,8-12,14-15H2,1-2H3,(H2,21,22,23);1H. The molecule has 0 radical (unpaired) electrons. The van der Waals surface area contributed by atoms with Crippen LogP contribution in [0.5, 0.6) is 0 Å². The van der Waals surface area contributed by atoms with Gasteiger partial charge in [0.25, 0.3) is 0 Å². The monoisotopic (exact) mass is 547 g/mol. The number of aliphatic imine (C=N–C) groups is 1. The zero-order valence-electron chi connectivity index (χ0n) is 17.9. The molecule has 3 rings (SSSR count). The largest absolute Gasteiger partial charge is 0.468 e. The molecule has 0 amide bonds. The molecule has 8 nitrogen and oxygen atoms in total.